The third-order valence-electron chi connectivity index (χ3n) is 1.18. The predicted octanol–water partition coefficient (Wildman–Crippen LogP) is -0.936. The zero-order chi connectivity index (χ0) is 9.35. The molecule has 1 aliphatic heterocycles. The molecule has 1 N–H and O–H groups in total. The minimum Gasteiger partial charge on any atom is -0.299 e. The minimum atomic E-state index is -3.78. The Morgan fingerprint density at radius 1 is 1.50 bits per heavy atom. The summed E-state index contributed by atoms with van der Waals surface area (Å²) in [5.41, 5.74) is 0. The van der Waals surface area contributed by atoms with E-state index in [4.69, 9.17) is 10.7 Å². The lowest BCUT2D eigenvalue weighted by Crippen LogP contribution is -2.31. The SMILES string of the molecule is O=C1CN(CS(=O)(=O)Cl)C(=O)N1. The van der Waals surface area contributed by atoms with Crippen LogP contribution in [0.4, 0.5) is 4.79 Å². The van der Waals surface area contributed by atoms with E-state index < -0.39 is 26.9 Å². The van der Waals surface area contributed by atoms with Gasteiger partial charge in [-0.05, 0) is 0 Å². The first-order valence-corrected chi connectivity index (χ1v) is 5.37. The predicted molar refractivity (Wildman–Crippen MR) is 39.9 cm³/mol. The summed E-state index contributed by atoms with van der Waals surface area (Å²) in [6.07, 6.45) is 0. The lowest BCUT2D eigenvalue weighted by Gasteiger charge is -2.08. The van der Waals surface area contributed by atoms with Crippen LogP contribution in [-0.4, -0.2) is 37.7 Å². The van der Waals surface area contributed by atoms with E-state index in [0.717, 1.165) is 4.90 Å². The summed E-state index contributed by atoms with van der Waals surface area (Å²) in [5, 5.41) is 1.91. The van der Waals surface area contributed by atoms with Crippen LogP contribution in [0.3, 0.4) is 0 Å². The van der Waals surface area contributed by atoms with Gasteiger partial charge in [-0.1, -0.05) is 0 Å². The van der Waals surface area contributed by atoms with E-state index in [-0.39, 0.29) is 6.54 Å². The monoisotopic (exact) mass is 212 g/mol. The first-order chi connectivity index (χ1) is 5.38. The quantitative estimate of drug-likeness (QED) is 0.473. The van der Waals surface area contributed by atoms with Crippen LogP contribution >= 0.6 is 10.7 Å². The molecule has 0 aromatic rings. The largest absolute Gasteiger partial charge is 0.325 e. The number of amides is 3. The molecule has 1 aliphatic rings. The molecule has 0 aromatic carbocycles. The van der Waals surface area contributed by atoms with Crippen molar-refractivity contribution in [1.29, 1.82) is 0 Å². The number of imide groups is 1. The number of rotatable bonds is 2. The van der Waals surface area contributed by atoms with Gasteiger partial charge in [-0.2, -0.15) is 0 Å². The van der Waals surface area contributed by atoms with Gasteiger partial charge in [-0.3, -0.25) is 15.0 Å². The van der Waals surface area contributed by atoms with E-state index in [1.54, 1.807) is 0 Å². The van der Waals surface area contributed by atoms with Gasteiger partial charge < -0.3 is 0 Å². The van der Waals surface area contributed by atoms with E-state index in [2.05, 4.69) is 0 Å². The fourth-order valence-corrected chi connectivity index (χ4v) is 1.71. The van der Waals surface area contributed by atoms with Crippen molar-refractivity contribution < 1.29 is 18.0 Å². The highest BCUT2D eigenvalue weighted by atomic mass is 35.7. The smallest absolute Gasteiger partial charge is 0.299 e. The number of hydrogen-bond donors (Lipinski definition) is 1. The third-order valence-corrected chi connectivity index (χ3v) is 2.09. The van der Waals surface area contributed by atoms with Crippen molar-refractivity contribution in [3.8, 4) is 0 Å². The number of carbonyl (C=O) groups excluding carboxylic acids is 2. The highest BCUT2D eigenvalue weighted by Crippen LogP contribution is 2.04. The van der Waals surface area contributed by atoms with Gasteiger partial charge in [0.15, 0.2) is 0 Å². The summed E-state index contributed by atoms with van der Waals surface area (Å²) in [4.78, 5) is 22.1. The van der Waals surface area contributed by atoms with Crippen LogP contribution in [0.2, 0.25) is 0 Å². The molecule has 1 heterocycles. The number of urea groups is 1. The summed E-state index contributed by atoms with van der Waals surface area (Å²) in [5.74, 6) is -1.17. The van der Waals surface area contributed by atoms with E-state index >= 15 is 0 Å². The molecule has 1 saturated heterocycles. The van der Waals surface area contributed by atoms with Crippen molar-refractivity contribution in [1.82, 2.24) is 10.2 Å². The van der Waals surface area contributed by atoms with Crippen molar-refractivity contribution in [3.63, 3.8) is 0 Å². The molecule has 0 bridgehead atoms. The molecule has 3 amide bonds. The average Bonchev–Trinajstić information content (AvgIpc) is 2.06. The van der Waals surface area contributed by atoms with Crippen LogP contribution in [0.1, 0.15) is 0 Å². The molecule has 1 rings (SSSR count). The molecule has 68 valence electrons. The van der Waals surface area contributed by atoms with Gasteiger partial charge >= 0.3 is 6.03 Å². The highest BCUT2D eigenvalue weighted by Gasteiger charge is 2.29. The van der Waals surface area contributed by atoms with Gasteiger partial charge in [0.1, 0.15) is 12.4 Å². The Morgan fingerprint density at radius 3 is 2.42 bits per heavy atom. The first kappa shape index (κ1) is 9.27. The topological polar surface area (TPSA) is 83.6 Å². The van der Waals surface area contributed by atoms with E-state index in [1.165, 1.54) is 0 Å². The van der Waals surface area contributed by atoms with Gasteiger partial charge in [-0.15, -0.1) is 0 Å². The van der Waals surface area contributed by atoms with Crippen molar-refractivity contribution in [3.05, 3.63) is 0 Å². The number of carbonyl (C=O) groups is 2. The van der Waals surface area contributed by atoms with E-state index in [0.29, 0.717) is 0 Å². The van der Waals surface area contributed by atoms with Crippen molar-refractivity contribution in [2.24, 2.45) is 0 Å². The number of hydrogen-bond acceptors (Lipinski definition) is 4. The maximum Gasteiger partial charge on any atom is 0.325 e. The second-order valence-corrected chi connectivity index (χ2v) is 4.97. The van der Waals surface area contributed by atoms with Gasteiger partial charge in [-0.25, -0.2) is 13.2 Å². The van der Waals surface area contributed by atoms with Gasteiger partial charge in [0, 0.05) is 10.7 Å². The molecule has 0 atom stereocenters. The fourth-order valence-electron chi connectivity index (χ4n) is 0.773. The van der Waals surface area contributed by atoms with E-state index in [9.17, 15) is 18.0 Å². The van der Waals surface area contributed by atoms with Crippen LogP contribution in [0.15, 0.2) is 0 Å². The molecule has 0 aromatic heterocycles. The Labute approximate surface area is 72.9 Å². The average molecular weight is 213 g/mol. The van der Waals surface area contributed by atoms with Crippen LogP contribution < -0.4 is 5.32 Å². The van der Waals surface area contributed by atoms with Crippen LogP contribution in [0.5, 0.6) is 0 Å². The van der Waals surface area contributed by atoms with Crippen LogP contribution in [0.25, 0.3) is 0 Å². The number of nitrogens with one attached hydrogen (secondary N) is 1. The molecule has 0 saturated carbocycles. The summed E-state index contributed by atoms with van der Waals surface area (Å²) in [6, 6.07) is -0.732. The van der Waals surface area contributed by atoms with Crippen LogP contribution in [0, 0.1) is 0 Å². The molecular weight excluding hydrogens is 208 g/mol. The van der Waals surface area contributed by atoms with Gasteiger partial charge in [0.25, 0.3) is 9.05 Å². The summed E-state index contributed by atoms with van der Waals surface area (Å²) in [7, 11) is 1.09. The molecule has 0 spiro atoms. The fraction of sp³-hybridized carbons (Fsp3) is 0.500. The second-order valence-electron chi connectivity index (χ2n) is 2.22. The summed E-state index contributed by atoms with van der Waals surface area (Å²) < 4.78 is 20.9. The molecule has 0 radical (unpaired) electrons. The van der Waals surface area contributed by atoms with Crippen molar-refractivity contribution in [2.45, 2.75) is 0 Å². The third kappa shape index (κ3) is 2.35. The molecule has 6 nitrogen and oxygen atoms in total. The first-order valence-electron chi connectivity index (χ1n) is 2.89. The normalized spacial score (nSPS) is 18.2. The molecule has 1 fully saturated rings. The summed E-state index contributed by atoms with van der Waals surface area (Å²) >= 11 is 0. The Balaban J connectivity index is 2.67. The number of nitrogens with zero attached hydrogens (tertiary/aromatic N) is 1. The maximum absolute atomic E-state index is 10.7. The Hall–Kier alpha value is -0.820. The van der Waals surface area contributed by atoms with Crippen molar-refractivity contribution in [2.75, 3.05) is 12.4 Å². The maximum atomic E-state index is 10.7. The molecule has 0 aliphatic carbocycles. The Kier molecular flexibility index (Phi) is 2.25. The lowest BCUT2D eigenvalue weighted by molar-refractivity contribution is -0.118. The Morgan fingerprint density at radius 2 is 2.08 bits per heavy atom. The lowest BCUT2D eigenvalue weighted by atomic mass is 10.6. The molecule has 12 heavy (non-hydrogen) atoms. The highest BCUT2D eigenvalue weighted by molar-refractivity contribution is 8.13. The van der Waals surface area contributed by atoms with Gasteiger partial charge in [0.2, 0.25) is 5.91 Å². The zero-order valence-electron chi connectivity index (χ0n) is 5.78. The molecular formula is C4H5ClN2O4S. The molecule has 8 heteroatoms. The Bertz CT molecular complexity index is 324. The zero-order valence-corrected chi connectivity index (χ0v) is 7.35. The molecule has 0 unspecified atom stereocenters. The second kappa shape index (κ2) is 2.91. The van der Waals surface area contributed by atoms with Gasteiger partial charge in [0.05, 0.1) is 0 Å². The standard InChI is InChI=1S/C4H5ClN2O4S/c5-12(10,11)2-7-1-3(8)6-4(7)9/h1-2H2,(H,6,8,9). The number of halogens is 1. The van der Waals surface area contributed by atoms with Crippen molar-refractivity contribution >= 4 is 31.7 Å². The minimum absolute atomic E-state index is 0.259. The van der Waals surface area contributed by atoms with E-state index in [1.807, 2.05) is 5.32 Å². The summed E-state index contributed by atoms with van der Waals surface area (Å²) in [6.45, 7) is -0.259. The van der Waals surface area contributed by atoms with Crippen LogP contribution in [-0.2, 0) is 13.8 Å².